The number of nitrogens with one attached hydrogen (secondary N) is 1. The number of aromatic amines is 1. The van der Waals surface area contributed by atoms with E-state index in [1.807, 2.05) is 0 Å². The summed E-state index contributed by atoms with van der Waals surface area (Å²) in [4.78, 5) is 36.9. The minimum Gasteiger partial charge on any atom is -0.486 e. The van der Waals surface area contributed by atoms with Crippen LogP contribution in [0.15, 0.2) is 62.7 Å². The maximum atomic E-state index is 12.0. The number of benzene rings is 1. The number of ether oxygens (including phenoxy) is 1. The number of nitrogens with zero attached hydrogens (tertiary/aromatic N) is 1. The van der Waals surface area contributed by atoms with Crippen LogP contribution >= 0.6 is 0 Å². The fourth-order valence-corrected chi connectivity index (χ4v) is 2.10. The van der Waals surface area contributed by atoms with E-state index < -0.39 is 22.9 Å². The molecule has 0 bridgehead atoms. The summed E-state index contributed by atoms with van der Waals surface area (Å²) in [5.74, 6) is -0.184. The van der Waals surface area contributed by atoms with Crippen molar-refractivity contribution in [2.24, 2.45) is 0 Å². The monoisotopic (exact) mass is 328 g/mol. The normalized spacial score (nSPS) is 10.5. The standard InChI is InChI=1S/C16H12N2O6/c19-14-8-13(15(20)21)17-16(22)18(14)10-3-5-11(6-4-10)24-9-12-2-1-7-23-12/h1-8H,9H2,(H,17,22)(H,20,21). The van der Waals surface area contributed by atoms with Gasteiger partial charge in [-0.25, -0.2) is 14.2 Å². The smallest absolute Gasteiger partial charge is 0.352 e. The predicted molar refractivity (Wildman–Crippen MR) is 82.7 cm³/mol. The van der Waals surface area contributed by atoms with Gasteiger partial charge in [-0.05, 0) is 36.4 Å². The number of H-pyrrole nitrogens is 1. The van der Waals surface area contributed by atoms with Gasteiger partial charge in [0.05, 0.1) is 12.0 Å². The number of carboxylic acids is 1. The molecule has 0 spiro atoms. The highest BCUT2D eigenvalue weighted by atomic mass is 16.5. The van der Waals surface area contributed by atoms with Crippen molar-refractivity contribution >= 4 is 5.97 Å². The SMILES string of the molecule is O=C(O)c1cc(=O)n(-c2ccc(OCc3ccco3)cc2)c(=O)[nH]1. The van der Waals surface area contributed by atoms with Gasteiger partial charge < -0.3 is 19.2 Å². The largest absolute Gasteiger partial charge is 0.486 e. The Kier molecular flexibility index (Phi) is 4.02. The maximum absolute atomic E-state index is 12.0. The van der Waals surface area contributed by atoms with E-state index in [0.717, 1.165) is 10.6 Å². The molecular formula is C16H12N2O6. The van der Waals surface area contributed by atoms with E-state index in [1.54, 1.807) is 30.5 Å². The molecule has 2 heterocycles. The zero-order valence-electron chi connectivity index (χ0n) is 12.3. The summed E-state index contributed by atoms with van der Waals surface area (Å²) < 4.78 is 11.5. The Morgan fingerprint density at radius 1 is 1.21 bits per heavy atom. The van der Waals surface area contributed by atoms with Crippen LogP contribution in [0, 0.1) is 0 Å². The van der Waals surface area contributed by atoms with Gasteiger partial charge in [0.15, 0.2) is 0 Å². The molecule has 0 saturated heterocycles. The number of carboxylic acid groups (broad SMARTS) is 1. The van der Waals surface area contributed by atoms with E-state index >= 15 is 0 Å². The molecule has 1 aromatic carbocycles. The second-order valence-corrected chi connectivity index (χ2v) is 4.83. The quantitative estimate of drug-likeness (QED) is 0.731. The number of hydrogen-bond donors (Lipinski definition) is 2. The molecule has 3 rings (SSSR count). The summed E-state index contributed by atoms with van der Waals surface area (Å²) >= 11 is 0. The number of aromatic nitrogens is 2. The molecule has 24 heavy (non-hydrogen) atoms. The summed E-state index contributed by atoms with van der Waals surface area (Å²) in [6.07, 6.45) is 1.54. The minimum atomic E-state index is -1.38. The van der Waals surface area contributed by atoms with Crippen LogP contribution in [0.25, 0.3) is 5.69 Å². The van der Waals surface area contributed by atoms with Crippen molar-refractivity contribution in [2.75, 3.05) is 0 Å². The van der Waals surface area contributed by atoms with Crippen molar-refractivity contribution in [1.82, 2.24) is 9.55 Å². The van der Waals surface area contributed by atoms with Crippen molar-refractivity contribution in [2.45, 2.75) is 6.61 Å². The Hall–Kier alpha value is -3.55. The molecule has 0 fully saturated rings. The number of carbonyl (C=O) groups is 1. The molecular weight excluding hydrogens is 316 g/mol. The first-order valence-electron chi connectivity index (χ1n) is 6.90. The Balaban J connectivity index is 1.84. The van der Waals surface area contributed by atoms with Crippen LogP contribution in [0.1, 0.15) is 16.2 Å². The van der Waals surface area contributed by atoms with E-state index in [2.05, 4.69) is 4.98 Å². The van der Waals surface area contributed by atoms with Gasteiger partial charge in [-0.2, -0.15) is 0 Å². The Morgan fingerprint density at radius 3 is 2.54 bits per heavy atom. The Labute approximate surface area is 134 Å². The first-order chi connectivity index (χ1) is 11.5. The molecule has 0 aliphatic carbocycles. The molecule has 122 valence electrons. The van der Waals surface area contributed by atoms with Gasteiger partial charge in [0.25, 0.3) is 5.56 Å². The first-order valence-corrected chi connectivity index (χ1v) is 6.90. The highest BCUT2D eigenvalue weighted by Crippen LogP contribution is 2.15. The van der Waals surface area contributed by atoms with Crippen molar-refractivity contribution in [3.8, 4) is 11.4 Å². The second-order valence-electron chi connectivity index (χ2n) is 4.83. The lowest BCUT2D eigenvalue weighted by Crippen LogP contribution is -2.34. The number of rotatable bonds is 5. The van der Waals surface area contributed by atoms with Crippen LogP contribution in [-0.2, 0) is 6.61 Å². The molecule has 0 saturated carbocycles. The molecule has 0 aliphatic heterocycles. The second kappa shape index (κ2) is 6.29. The number of furan rings is 1. The summed E-state index contributed by atoms with van der Waals surface area (Å²) in [5.41, 5.74) is -1.73. The third kappa shape index (κ3) is 3.12. The van der Waals surface area contributed by atoms with E-state index in [1.165, 1.54) is 12.1 Å². The Morgan fingerprint density at radius 2 is 1.96 bits per heavy atom. The van der Waals surface area contributed by atoms with Crippen molar-refractivity contribution < 1.29 is 19.1 Å². The third-order valence-corrected chi connectivity index (χ3v) is 3.22. The van der Waals surface area contributed by atoms with Crippen molar-refractivity contribution in [1.29, 1.82) is 0 Å². The van der Waals surface area contributed by atoms with E-state index in [-0.39, 0.29) is 6.61 Å². The van der Waals surface area contributed by atoms with Crippen LogP contribution in [0.5, 0.6) is 5.75 Å². The molecule has 3 aromatic rings. The number of hydrogen-bond acceptors (Lipinski definition) is 5. The average Bonchev–Trinajstić information content (AvgIpc) is 3.07. The summed E-state index contributed by atoms with van der Waals surface area (Å²) in [6, 6.07) is 10.6. The summed E-state index contributed by atoms with van der Waals surface area (Å²) in [7, 11) is 0. The zero-order valence-corrected chi connectivity index (χ0v) is 12.3. The van der Waals surface area contributed by atoms with Gasteiger partial charge >= 0.3 is 11.7 Å². The lowest BCUT2D eigenvalue weighted by molar-refractivity contribution is 0.0689. The lowest BCUT2D eigenvalue weighted by atomic mass is 10.3. The van der Waals surface area contributed by atoms with Gasteiger partial charge in [-0.15, -0.1) is 0 Å². The van der Waals surface area contributed by atoms with Crippen molar-refractivity contribution in [3.05, 3.63) is 81.0 Å². The van der Waals surface area contributed by atoms with Gasteiger partial charge in [0.2, 0.25) is 0 Å². The molecule has 0 unspecified atom stereocenters. The molecule has 0 aliphatic rings. The van der Waals surface area contributed by atoms with E-state index in [0.29, 0.717) is 17.2 Å². The van der Waals surface area contributed by atoms with Gasteiger partial charge in [0, 0.05) is 6.07 Å². The predicted octanol–water partition coefficient (Wildman–Crippen LogP) is 1.40. The zero-order chi connectivity index (χ0) is 17.1. The highest BCUT2D eigenvalue weighted by Gasteiger charge is 2.11. The summed E-state index contributed by atoms with van der Waals surface area (Å²) in [6.45, 7) is 0.250. The molecule has 8 nitrogen and oxygen atoms in total. The first kappa shape index (κ1) is 15.3. The number of aromatic carboxylic acids is 1. The van der Waals surface area contributed by atoms with Crippen LogP contribution in [-0.4, -0.2) is 20.6 Å². The molecule has 0 atom stereocenters. The fraction of sp³-hybridized carbons (Fsp3) is 0.0625. The van der Waals surface area contributed by atoms with Crippen LogP contribution in [0.3, 0.4) is 0 Å². The summed E-state index contributed by atoms with van der Waals surface area (Å²) in [5, 5.41) is 8.83. The van der Waals surface area contributed by atoms with Gasteiger partial charge in [-0.1, -0.05) is 0 Å². The van der Waals surface area contributed by atoms with Gasteiger partial charge in [0.1, 0.15) is 23.8 Å². The minimum absolute atomic E-state index is 0.250. The fourth-order valence-electron chi connectivity index (χ4n) is 2.10. The molecule has 8 heteroatoms. The molecule has 2 N–H and O–H groups in total. The Bertz CT molecular complexity index is 936. The van der Waals surface area contributed by atoms with Crippen LogP contribution in [0.2, 0.25) is 0 Å². The third-order valence-electron chi connectivity index (χ3n) is 3.22. The average molecular weight is 328 g/mol. The maximum Gasteiger partial charge on any atom is 0.352 e. The lowest BCUT2D eigenvalue weighted by Gasteiger charge is -2.07. The van der Waals surface area contributed by atoms with E-state index in [4.69, 9.17) is 14.3 Å². The molecule has 0 radical (unpaired) electrons. The molecule has 2 aromatic heterocycles. The molecule has 0 amide bonds. The van der Waals surface area contributed by atoms with E-state index in [9.17, 15) is 14.4 Å². The van der Waals surface area contributed by atoms with Crippen LogP contribution < -0.4 is 16.0 Å². The van der Waals surface area contributed by atoms with Gasteiger partial charge in [-0.3, -0.25) is 4.79 Å². The van der Waals surface area contributed by atoms with Crippen LogP contribution in [0.4, 0.5) is 0 Å². The highest BCUT2D eigenvalue weighted by molar-refractivity contribution is 5.84. The van der Waals surface area contributed by atoms with Crippen molar-refractivity contribution in [3.63, 3.8) is 0 Å². The topological polar surface area (TPSA) is 115 Å².